The van der Waals surface area contributed by atoms with Gasteiger partial charge in [0.15, 0.2) is 5.13 Å². The topological polar surface area (TPSA) is 48.1 Å². The molecule has 3 nitrogen and oxygen atoms in total. The molecule has 100 valence electrons. The van der Waals surface area contributed by atoms with Crippen molar-refractivity contribution in [3.63, 3.8) is 0 Å². The van der Waals surface area contributed by atoms with Crippen LogP contribution in [0, 0.1) is 0 Å². The van der Waals surface area contributed by atoms with Gasteiger partial charge in [-0.15, -0.1) is 11.3 Å². The average molecular weight is 274 g/mol. The predicted molar refractivity (Wildman–Crippen MR) is 79.9 cm³/mol. The Balaban J connectivity index is 2.21. The molecule has 0 saturated heterocycles. The average Bonchev–Trinajstić information content (AvgIpc) is 2.61. The van der Waals surface area contributed by atoms with Crippen molar-refractivity contribution in [1.82, 2.24) is 4.98 Å². The van der Waals surface area contributed by atoms with Crippen molar-refractivity contribution in [2.45, 2.75) is 32.6 Å². The van der Waals surface area contributed by atoms with Crippen LogP contribution in [0.15, 0.2) is 18.2 Å². The number of hydrogen-bond donors (Lipinski definition) is 1. The first-order valence-corrected chi connectivity index (χ1v) is 7.30. The molecule has 0 amide bonds. The molecule has 0 atom stereocenters. The molecule has 2 aromatic rings. The van der Waals surface area contributed by atoms with Crippen molar-refractivity contribution in [1.29, 1.82) is 0 Å². The lowest BCUT2D eigenvalue weighted by molar-refractivity contribution is 0.327. The maximum Gasteiger partial charge on any atom is 0.180 e. The van der Waals surface area contributed by atoms with Crippen molar-refractivity contribution in [3.8, 4) is 17.0 Å². The van der Waals surface area contributed by atoms with E-state index >= 15 is 0 Å². The summed E-state index contributed by atoms with van der Waals surface area (Å²) in [5, 5.41) is 0.638. The number of rotatable bonds is 0. The normalized spacial score (nSPS) is 14.3. The summed E-state index contributed by atoms with van der Waals surface area (Å²) < 4.78 is 5.82. The van der Waals surface area contributed by atoms with Crippen LogP contribution in [0.4, 0.5) is 5.13 Å². The minimum absolute atomic E-state index is 0.114. The molecule has 2 N–H and O–H groups in total. The van der Waals surface area contributed by atoms with E-state index in [-0.39, 0.29) is 5.41 Å². The first-order chi connectivity index (χ1) is 8.95. The zero-order valence-electron chi connectivity index (χ0n) is 11.5. The van der Waals surface area contributed by atoms with Gasteiger partial charge in [0.25, 0.3) is 0 Å². The number of fused-ring (bicyclic) bond motifs is 3. The molecule has 1 aliphatic heterocycles. The highest BCUT2D eigenvalue weighted by Gasteiger charge is 2.22. The van der Waals surface area contributed by atoms with Gasteiger partial charge in [-0.25, -0.2) is 4.98 Å². The number of nitrogens with zero attached hydrogens (tertiary/aromatic N) is 1. The summed E-state index contributed by atoms with van der Waals surface area (Å²) in [6.07, 6.45) is 0.879. The van der Waals surface area contributed by atoms with E-state index in [1.54, 1.807) is 11.3 Å². The van der Waals surface area contributed by atoms with E-state index in [1.807, 2.05) is 0 Å². The van der Waals surface area contributed by atoms with Gasteiger partial charge >= 0.3 is 0 Å². The SMILES string of the molecule is CC(C)(C)c1ccc2c(c1)-c1nc(N)sc1CCO2. The fourth-order valence-corrected chi connectivity index (χ4v) is 3.14. The minimum Gasteiger partial charge on any atom is -0.493 e. The lowest BCUT2D eigenvalue weighted by Gasteiger charge is -2.20. The van der Waals surface area contributed by atoms with E-state index in [9.17, 15) is 0 Å². The lowest BCUT2D eigenvalue weighted by Crippen LogP contribution is -2.11. The largest absolute Gasteiger partial charge is 0.493 e. The molecule has 0 bridgehead atoms. The molecule has 2 heterocycles. The third kappa shape index (κ3) is 2.21. The van der Waals surface area contributed by atoms with Crippen LogP contribution in [0.1, 0.15) is 31.2 Å². The van der Waals surface area contributed by atoms with Gasteiger partial charge in [0, 0.05) is 16.9 Å². The molecule has 3 rings (SSSR count). The van der Waals surface area contributed by atoms with Gasteiger partial charge in [-0.2, -0.15) is 0 Å². The second-order valence-corrected chi connectivity index (χ2v) is 7.00. The molecule has 4 heteroatoms. The smallest absolute Gasteiger partial charge is 0.180 e. The van der Waals surface area contributed by atoms with Crippen molar-refractivity contribution in [2.24, 2.45) is 0 Å². The zero-order chi connectivity index (χ0) is 13.6. The van der Waals surface area contributed by atoms with Gasteiger partial charge in [0.05, 0.1) is 12.3 Å². The third-order valence-corrected chi connectivity index (χ3v) is 4.35. The van der Waals surface area contributed by atoms with Crippen molar-refractivity contribution in [3.05, 3.63) is 28.6 Å². The Hall–Kier alpha value is -1.55. The van der Waals surface area contributed by atoms with Gasteiger partial charge in [0.2, 0.25) is 0 Å². The van der Waals surface area contributed by atoms with Crippen LogP contribution < -0.4 is 10.5 Å². The van der Waals surface area contributed by atoms with E-state index in [1.165, 1.54) is 10.4 Å². The monoisotopic (exact) mass is 274 g/mol. The molecular formula is C15H18N2OS. The fraction of sp³-hybridized carbons (Fsp3) is 0.400. The molecule has 1 aromatic carbocycles. The quantitative estimate of drug-likeness (QED) is 0.798. The van der Waals surface area contributed by atoms with Gasteiger partial charge in [0.1, 0.15) is 5.75 Å². The van der Waals surface area contributed by atoms with E-state index in [2.05, 4.69) is 44.0 Å². The number of nitrogen functional groups attached to an aromatic ring is 1. The second kappa shape index (κ2) is 4.23. The van der Waals surface area contributed by atoms with Crippen LogP contribution >= 0.6 is 11.3 Å². The van der Waals surface area contributed by atoms with E-state index in [4.69, 9.17) is 10.5 Å². The molecule has 0 fully saturated rings. The van der Waals surface area contributed by atoms with Crippen LogP contribution in [-0.2, 0) is 11.8 Å². The number of thiazole rings is 1. The highest BCUT2D eigenvalue weighted by molar-refractivity contribution is 7.15. The summed E-state index contributed by atoms with van der Waals surface area (Å²) in [6.45, 7) is 7.32. The molecule has 1 aliphatic rings. The van der Waals surface area contributed by atoms with Gasteiger partial charge in [-0.3, -0.25) is 0 Å². The van der Waals surface area contributed by atoms with E-state index < -0.39 is 0 Å². The standard InChI is InChI=1S/C15H18N2OS/c1-15(2,3)9-4-5-11-10(8-9)13-12(6-7-18-11)19-14(16)17-13/h4-5,8H,6-7H2,1-3H3,(H2,16,17). The first kappa shape index (κ1) is 12.5. The summed E-state index contributed by atoms with van der Waals surface area (Å²) in [7, 11) is 0. The Bertz CT molecular complexity index is 626. The fourth-order valence-electron chi connectivity index (χ4n) is 2.31. The Labute approximate surface area is 117 Å². The number of nitrogens with two attached hydrogens (primary N) is 1. The lowest BCUT2D eigenvalue weighted by atomic mass is 9.85. The van der Waals surface area contributed by atoms with Gasteiger partial charge < -0.3 is 10.5 Å². The number of aromatic nitrogens is 1. The summed E-state index contributed by atoms with van der Waals surface area (Å²) in [5.41, 5.74) is 9.34. The van der Waals surface area contributed by atoms with Crippen LogP contribution in [0.5, 0.6) is 5.75 Å². The maximum atomic E-state index is 5.86. The number of benzene rings is 1. The molecule has 0 radical (unpaired) electrons. The predicted octanol–water partition coefficient (Wildman–Crippen LogP) is 3.62. The maximum absolute atomic E-state index is 5.86. The summed E-state index contributed by atoms with van der Waals surface area (Å²) >= 11 is 1.57. The number of ether oxygens (including phenoxy) is 1. The van der Waals surface area contributed by atoms with E-state index in [0.717, 1.165) is 23.4 Å². The van der Waals surface area contributed by atoms with Crippen LogP contribution in [0.25, 0.3) is 11.3 Å². The molecule has 0 saturated carbocycles. The van der Waals surface area contributed by atoms with Crippen LogP contribution in [0.3, 0.4) is 0 Å². The Morgan fingerprint density at radius 3 is 2.84 bits per heavy atom. The van der Waals surface area contributed by atoms with E-state index in [0.29, 0.717) is 11.7 Å². The molecule has 19 heavy (non-hydrogen) atoms. The first-order valence-electron chi connectivity index (χ1n) is 6.48. The van der Waals surface area contributed by atoms with Crippen molar-refractivity contribution >= 4 is 16.5 Å². The zero-order valence-corrected chi connectivity index (χ0v) is 12.3. The van der Waals surface area contributed by atoms with Crippen molar-refractivity contribution < 1.29 is 4.74 Å². The molecule has 1 aromatic heterocycles. The highest BCUT2D eigenvalue weighted by Crippen LogP contribution is 2.40. The van der Waals surface area contributed by atoms with Crippen molar-refractivity contribution in [2.75, 3.05) is 12.3 Å². The molecular weight excluding hydrogens is 256 g/mol. The summed E-state index contributed by atoms with van der Waals surface area (Å²) in [4.78, 5) is 5.72. The summed E-state index contributed by atoms with van der Waals surface area (Å²) in [5.74, 6) is 0.914. The Kier molecular flexibility index (Phi) is 2.78. The molecule has 0 aliphatic carbocycles. The van der Waals surface area contributed by atoms with Crippen LogP contribution in [-0.4, -0.2) is 11.6 Å². The minimum atomic E-state index is 0.114. The molecule has 0 spiro atoms. The number of anilines is 1. The molecule has 0 unspecified atom stereocenters. The Morgan fingerprint density at radius 1 is 1.32 bits per heavy atom. The van der Waals surface area contributed by atoms with Crippen LogP contribution in [0.2, 0.25) is 0 Å². The van der Waals surface area contributed by atoms with Gasteiger partial charge in [-0.05, 0) is 23.1 Å². The summed E-state index contributed by atoms with van der Waals surface area (Å²) in [6, 6.07) is 6.39. The third-order valence-electron chi connectivity index (χ3n) is 3.40. The Morgan fingerprint density at radius 2 is 2.11 bits per heavy atom. The number of hydrogen-bond acceptors (Lipinski definition) is 4. The van der Waals surface area contributed by atoms with Gasteiger partial charge in [-0.1, -0.05) is 26.8 Å². The highest BCUT2D eigenvalue weighted by atomic mass is 32.1. The second-order valence-electron chi connectivity index (χ2n) is 5.88.